The monoisotopic (exact) mass is 603 g/mol. The fraction of sp³-hybridized carbons (Fsp3) is 0.323. The molecule has 44 heavy (non-hydrogen) atoms. The molecule has 4 N–H and O–H groups in total. The number of nitrogen functional groups attached to an aromatic ring is 1. The van der Waals surface area contributed by atoms with Gasteiger partial charge in [-0.05, 0) is 55.8 Å². The molecule has 2 aliphatic rings. The second kappa shape index (κ2) is 10.8. The summed E-state index contributed by atoms with van der Waals surface area (Å²) in [4.78, 5) is 25.9. The summed E-state index contributed by atoms with van der Waals surface area (Å²) in [5.74, 6) is 0.430. The first kappa shape index (κ1) is 28.2. The van der Waals surface area contributed by atoms with E-state index in [1.807, 2.05) is 28.5 Å². The number of piperazine rings is 1. The lowest BCUT2D eigenvalue weighted by Gasteiger charge is -2.33. The highest BCUT2D eigenvalue weighted by atomic mass is 19.4. The summed E-state index contributed by atoms with van der Waals surface area (Å²) in [6.07, 6.45) is 4.85. The number of urea groups is 1. The van der Waals surface area contributed by atoms with Crippen LogP contribution in [0.3, 0.4) is 0 Å². The summed E-state index contributed by atoms with van der Waals surface area (Å²) >= 11 is 0. The first-order valence-corrected chi connectivity index (χ1v) is 14.6. The molecule has 0 unspecified atom stereocenters. The zero-order valence-electron chi connectivity index (χ0n) is 24.1. The minimum absolute atomic E-state index is 0.0452. The Morgan fingerprint density at radius 2 is 1.82 bits per heavy atom. The van der Waals surface area contributed by atoms with Crippen molar-refractivity contribution in [1.29, 1.82) is 0 Å². The highest BCUT2D eigenvalue weighted by Gasteiger charge is 2.34. The molecule has 0 spiro atoms. The van der Waals surface area contributed by atoms with Crippen LogP contribution >= 0.6 is 0 Å². The van der Waals surface area contributed by atoms with Crippen molar-refractivity contribution in [2.75, 3.05) is 49.6 Å². The summed E-state index contributed by atoms with van der Waals surface area (Å²) in [6, 6.07) is 9.23. The predicted octanol–water partition coefficient (Wildman–Crippen LogP) is 5.68. The van der Waals surface area contributed by atoms with Crippen LogP contribution in [0.5, 0.6) is 0 Å². The number of carbonyl (C=O) groups is 1. The highest BCUT2D eigenvalue weighted by Crippen LogP contribution is 2.43. The summed E-state index contributed by atoms with van der Waals surface area (Å²) < 4.78 is 46.2. The van der Waals surface area contributed by atoms with E-state index in [2.05, 4.69) is 36.3 Å². The number of nitrogens with zero attached hydrogens (tertiary/aromatic N) is 6. The third-order valence-electron chi connectivity index (χ3n) is 8.45. The van der Waals surface area contributed by atoms with Gasteiger partial charge in [0.15, 0.2) is 5.65 Å². The van der Waals surface area contributed by atoms with Crippen molar-refractivity contribution in [3.63, 3.8) is 0 Å². The quantitative estimate of drug-likeness (QED) is 0.231. The number of imidazole rings is 1. The maximum Gasteiger partial charge on any atom is 0.416 e. The molecule has 2 amide bonds. The van der Waals surface area contributed by atoms with Crippen molar-refractivity contribution >= 4 is 39.8 Å². The van der Waals surface area contributed by atoms with Crippen LogP contribution in [-0.2, 0) is 12.7 Å². The Morgan fingerprint density at radius 3 is 2.57 bits per heavy atom. The molecule has 0 bridgehead atoms. The number of aromatic nitrogens is 4. The van der Waals surface area contributed by atoms with Crippen LogP contribution in [0.15, 0.2) is 61.2 Å². The first-order chi connectivity index (χ1) is 21.2. The molecule has 1 aliphatic heterocycles. The molecule has 13 heteroatoms. The van der Waals surface area contributed by atoms with Gasteiger partial charge >= 0.3 is 12.2 Å². The van der Waals surface area contributed by atoms with Crippen molar-refractivity contribution in [1.82, 2.24) is 28.7 Å². The molecule has 0 radical (unpaired) electrons. The minimum atomic E-state index is -4.56. The third kappa shape index (κ3) is 5.33. The zero-order valence-corrected chi connectivity index (χ0v) is 24.1. The van der Waals surface area contributed by atoms with E-state index < -0.39 is 17.8 Å². The number of halogens is 3. The Kier molecular flexibility index (Phi) is 6.93. The molecule has 1 saturated carbocycles. The first-order valence-electron chi connectivity index (χ1n) is 14.6. The highest BCUT2D eigenvalue weighted by molar-refractivity contribution is 6.04. The molecule has 2 fully saturated rings. The van der Waals surface area contributed by atoms with Gasteiger partial charge in [-0.15, -0.1) is 0 Å². The van der Waals surface area contributed by atoms with Crippen LogP contribution in [0, 0.1) is 0 Å². The van der Waals surface area contributed by atoms with Crippen molar-refractivity contribution in [3.8, 4) is 11.3 Å². The molecule has 5 aromatic rings. The summed E-state index contributed by atoms with van der Waals surface area (Å²) in [5, 5.41) is 6.17. The van der Waals surface area contributed by atoms with Crippen LogP contribution in [0.4, 0.5) is 35.2 Å². The average molecular weight is 604 g/mol. The van der Waals surface area contributed by atoms with Gasteiger partial charge in [0.25, 0.3) is 0 Å². The number of benzene rings is 1. The number of alkyl halides is 3. The number of carbonyl (C=O) groups excluding carboxylic acids is 1. The van der Waals surface area contributed by atoms with Gasteiger partial charge in [0.1, 0.15) is 5.82 Å². The van der Waals surface area contributed by atoms with Crippen molar-refractivity contribution in [2.24, 2.45) is 0 Å². The van der Waals surface area contributed by atoms with Crippen LogP contribution in [0.25, 0.3) is 27.8 Å². The fourth-order valence-corrected chi connectivity index (χ4v) is 6.00. The number of amides is 2. The van der Waals surface area contributed by atoms with E-state index in [-0.39, 0.29) is 17.8 Å². The molecular weight excluding hydrogens is 571 g/mol. The van der Waals surface area contributed by atoms with Crippen molar-refractivity contribution < 1.29 is 18.0 Å². The fourth-order valence-electron chi connectivity index (χ4n) is 6.00. The van der Waals surface area contributed by atoms with E-state index in [1.54, 1.807) is 24.7 Å². The molecule has 1 saturated heterocycles. The molecule has 228 valence electrons. The van der Waals surface area contributed by atoms with E-state index in [1.165, 1.54) is 12.1 Å². The topological polar surface area (TPSA) is 109 Å². The lowest BCUT2D eigenvalue weighted by Crippen LogP contribution is -2.44. The number of nitrogens with two attached hydrogens (primary N) is 1. The van der Waals surface area contributed by atoms with Crippen molar-refractivity contribution in [2.45, 2.75) is 31.6 Å². The summed E-state index contributed by atoms with van der Waals surface area (Å²) in [6.45, 7) is 3.20. The SMILES string of the molecule is CN1CCN(Cc2ccc(NC(=O)Nc3ccc(-c4cn(C5CC5)c5ccnc(N)c45)n4ccnc34)cc2C(F)(F)F)CC1. The second-order valence-electron chi connectivity index (χ2n) is 11.6. The average Bonchev–Trinajstić information content (AvgIpc) is 3.56. The van der Waals surface area contributed by atoms with Gasteiger partial charge in [0.2, 0.25) is 0 Å². The number of pyridine rings is 2. The Bertz CT molecular complexity index is 1870. The molecule has 1 aliphatic carbocycles. The predicted molar refractivity (Wildman–Crippen MR) is 163 cm³/mol. The van der Waals surface area contributed by atoms with Gasteiger partial charge in [0, 0.05) is 74.8 Å². The van der Waals surface area contributed by atoms with Gasteiger partial charge in [0.05, 0.1) is 27.8 Å². The van der Waals surface area contributed by atoms with Crippen LogP contribution in [0.1, 0.15) is 30.0 Å². The van der Waals surface area contributed by atoms with Gasteiger partial charge in [-0.1, -0.05) is 6.07 Å². The molecule has 1 aromatic carbocycles. The van der Waals surface area contributed by atoms with E-state index in [9.17, 15) is 18.0 Å². The van der Waals surface area contributed by atoms with E-state index >= 15 is 0 Å². The van der Waals surface area contributed by atoms with Gasteiger partial charge < -0.3 is 25.8 Å². The Balaban J connectivity index is 1.13. The van der Waals surface area contributed by atoms with Gasteiger partial charge in [-0.3, -0.25) is 9.30 Å². The van der Waals surface area contributed by atoms with Crippen molar-refractivity contribution in [3.05, 3.63) is 72.3 Å². The second-order valence-corrected chi connectivity index (χ2v) is 11.6. The molecule has 0 atom stereocenters. The number of anilines is 3. The Labute approximate surface area is 251 Å². The molecule has 10 nitrogen and oxygen atoms in total. The number of hydrogen-bond acceptors (Lipinski definition) is 6. The Hall–Kier alpha value is -4.62. The smallest absolute Gasteiger partial charge is 0.383 e. The number of rotatable bonds is 6. The molecular formula is C31H32F3N9O. The van der Waals surface area contributed by atoms with E-state index in [0.717, 1.165) is 54.2 Å². The number of hydrogen-bond donors (Lipinski definition) is 3. The molecule has 7 rings (SSSR count). The normalized spacial score (nSPS) is 16.5. The number of likely N-dealkylation sites (N-methyl/N-ethyl adjacent to an activating group) is 1. The lowest BCUT2D eigenvalue weighted by atomic mass is 10.0. The largest absolute Gasteiger partial charge is 0.416 e. The maximum absolute atomic E-state index is 14.0. The molecule has 5 heterocycles. The number of nitrogens with one attached hydrogen (secondary N) is 2. The standard InChI is InChI=1S/C31H32F3N9O/c1-40-12-14-41(15-13-40)17-19-2-3-20(16-23(19)31(32,33)34)38-30(44)39-24-6-7-25(42-11-10-37-29(24)42)22-18-43(21-4-5-21)26-8-9-36-28(35)27(22)26/h2-3,6-11,16,18,21H,4-5,12-15,17H2,1H3,(H2,35,36)(H2,38,39,44). The summed E-state index contributed by atoms with van der Waals surface area (Å²) in [7, 11) is 2.00. The maximum atomic E-state index is 14.0. The van der Waals surface area contributed by atoms with Gasteiger partial charge in [-0.25, -0.2) is 14.8 Å². The minimum Gasteiger partial charge on any atom is -0.383 e. The van der Waals surface area contributed by atoms with E-state index in [4.69, 9.17) is 5.73 Å². The van der Waals surface area contributed by atoms with Gasteiger partial charge in [-0.2, -0.15) is 13.2 Å². The van der Waals surface area contributed by atoms with Crippen LogP contribution in [-0.4, -0.2) is 68.0 Å². The third-order valence-corrected chi connectivity index (χ3v) is 8.45. The Morgan fingerprint density at radius 1 is 1.02 bits per heavy atom. The van der Waals surface area contributed by atoms with E-state index in [0.29, 0.717) is 36.3 Å². The lowest BCUT2D eigenvalue weighted by molar-refractivity contribution is -0.138. The van der Waals surface area contributed by atoms with Crippen LogP contribution in [0.2, 0.25) is 0 Å². The molecule has 4 aromatic heterocycles. The summed E-state index contributed by atoms with van der Waals surface area (Å²) in [5.41, 5.74) is 9.40. The van der Waals surface area contributed by atoms with Crippen LogP contribution < -0.4 is 16.4 Å². The zero-order chi connectivity index (χ0) is 30.6. The number of fused-ring (bicyclic) bond motifs is 2.